The highest BCUT2D eigenvalue weighted by atomic mass is 32.1. The van der Waals surface area contributed by atoms with Gasteiger partial charge in [0.2, 0.25) is 0 Å². The maximum Gasteiger partial charge on any atom is 0.340 e. The zero-order valence-electron chi connectivity index (χ0n) is 12.1. The summed E-state index contributed by atoms with van der Waals surface area (Å²) < 4.78 is 0. The van der Waals surface area contributed by atoms with Crippen molar-refractivity contribution in [1.29, 1.82) is 0 Å². The molecular formula is C17H16O5S. The van der Waals surface area contributed by atoms with Crippen LogP contribution in [0.4, 0.5) is 0 Å². The van der Waals surface area contributed by atoms with Crippen LogP contribution in [-0.4, -0.2) is 32.5 Å². The lowest BCUT2D eigenvalue weighted by Gasteiger charge is -2.34. The van der Waals surface area contributed by atoms with Gasteiger partial charge in [-0.2, -0.15) is 0 Å². The largest absolute Gasteiger partial charge is 0.479 e. The molecule has 0 bridgehead atoms. The number of hydrogen-bond donors (Lipinski definition) is 4. The fourth-order valence-electron chi connectivity index (χ4n) is 2.78. The number of carboxylic acid groups (broad SMARTS) is 1. The molecule has 0 aliphatic heterocycles. The summed E-state index contributed by atoms with van der Waals surface area (Å²) in [5.74, 6) is -1.45. The normalized spacial score (nSPS) is 26.6. The van der Waals surface area contributed by atoms with Crippen molar-refractivity contribution >= 4 is 22.9 Å². The summed E-state index contributed by atoms with van der Waals surface area (Å²) in [5, 5.41) is 39.8. The summed E-state index contributed by atoms with van der Waals surface area (Å²) in [5.41, 5.74) is -0.556. The Labute approximate surface area is 136 Å². The Bertz CT molecular complexity index is 767. The monoisotopic (exact) mass is 332 g/mol. The Kier molecular flexibility index (Phi) is 3.85. The van der Waals surface area contributed by atoms with Crippen LogP contribution < -0.4 is 0 Å². The molecule has 1 aromatic heterocycles. The first-order valence-electron chi connectivity index (χ1n) is 7.05. The first kappa shape index (κ1) is 15.9. The molecule has 4 N–H and O–H groups in total. The van der Waals surface area contributed by atoms with Crippen LogP contribution >= 0.6 is 11.3 Å². The van der Waals surface area contributed by atoms with Gasteiger partial charge in [-0.15, -0.1) is 11.3 Å². The average Bonchev–Trinajstić information content (AvgIpc) is 2.99. The van der Waals surface area contributed by atoms with Gasteiger partial charge in [-0.05, 0) is 17.2 Å². The highest BCUT2D eigenvalue weighted by Gasteiger charge is 2.49. The third-order valence-electron chi connectivity index (χ3n) is 4.12. The number of hydrogen-bond acceptors (Lipinski definition) is 5. The van der Waals surface area contributed by atoms with Crippen molar-refractivity contribution in [3.63, 3.8) is 0 Å². The van der Waals surface area contributed by atoms with Crippen molar-refractivity contribution in [2.75, 3.05) is 0 Å². The van der Waals surface area contributed by atoms with Gasteiger partial charge in [-0.3, -0.25) is 0 Å². The van der Waals surface area contributed by atoms with E-state index in [1.807, 2.05) is 30.3 Å². The molecule has 3 rings (SSSR count). The van der Waals surface area contributed by atoms with Crippen LogP contribution in [0, 0.1) is 0 Å². The molecule has 0 fully saturated rings. The Balaban J connectivity index is 2.10. The number of thiophene rings is 1. The Morgan fingerprint density at radius 2 is 1.91 bits per heavy atom. The second-order valence-corrected chi connectivity index (χ2v) is 6.70. The fourth-order valence-corrected chi connectivity index (χ4v) is 4.05. The number of aliphatic hydroxyl groups is 3. The fraction of sp³-hybridized carbons (Fsp3) is 0.235. The summed E-state index contributed by atoms with van der Waals surface area (Å²) in [4.78, 5) is 12.4. The quantitative estimate of drug-likeness (QED) is 0.688. The van der Waals surface area contributed by atoms with Crippen molar-refractivity contribution in [2.24, 2.45) is 0 Å². The molecule has 120 valence electrons. The van der Waals surface area contributed by atoms with Crippen LogP contribution in [0.25, 0.3) is 5.57 Å². The average molecular weight is 332 g/mol. The zero-order valence-corrected chi connectivity index (χ0v) is 13.0. The third-order valence-corrected chi connectivity index (χ3v) is 5.38. The SMILES string of the molecule is C=C(c1ccccc1)c1cc2c(s1)[C@@H](O)[C@H](O)C[C@@]2(O)C(=O)O. The summed E-state index contributed by atoms with van der Waals surface area (Å²) in [6.07, 6.45) is -3.00. The van der Waals surface area contributed by atoms with Gasteiger partial charge < -0.3 is 20.4 Å². The third kappa shape index (κ3) is 2.49. The summed E-state index contributed by atoms with van der Waals surface area (Å²) in [6.45, 7) is 4.01. The number of carbonyl (C=O) groups is 1. The minimum atomic E-state index is -2.21. The predicted octanol–water partition coefficient (Wildman–Crippen LogP) is 1.88. The van der Waals surface area contributed by atoms with Crippen molar-refractivity contribution < 1.29 is 25.2 Å². The number of benzene rings is 1. The summed E-state index contributed by atoms with van der Waals surface area (Å²) in [6, 6.07) is 10.9. The first-order chi connectivity index (χ1) is 10.8. The highest BCUT2D eigenvalue weighted by molar-refractivity contribution is 7.13. The van der Waals surface area contributed by atoms with Crippen LogP contribution in [-0.2, 0) is 10.4 Å². The lowest BCUT2D eigenvalue weighted by Crippen LogP contribution is -2.44. The number of aliphatic carboxylic acids is 1. The van der Waals surface area contributed by atoms with Gasteiger partial charge in [0.15, 0.2) is 5.60 Å². The van der Waals surface area contributed by atoms with E-state index in [9.17, 15) is 25.2 Å². The van der Waals surface area contributed by atoms with E-state index in [1.165, 1.54) is 0 Å². The lowest BCUT2D eigenvalue weighted by atomic mass is 9.80. The lowest BCUT2D eigenvalue weighted by molar-refractivity contribution is -0.168. The Hall–Kier alpha value is -1.99. The van der Waals surface area contributed by atoms with E-state index < -0.39 is 30.2 Å². The predicted molar refractivity (Wildman–Crippen MR) is 86.0 cm³/mol. The number of aliphatic hydroxyl groups excluding tert-OH is 2. The van der Waals surface area contributed by atoms with Gasteiger partial charge in [-0.25, -0.2) is 4.79 Å². The molecule has 0 radical (unpaired) electrons. The minimum Gasteiger partial charge on any atom is -0.479 e. The van der Waals surface area contributed by atoms with E-state index in [-0.39, 0.29) is 10.4 Å². The smallest absolute Gasteiger partial charge is 0.340 e. The van der Waals surface area contributed by atoms with Gasteiger partial charge in [0, 0.05) is 21.7 Å². The first-order valence-corrected chi connectivity index (χ1v) is 7.87. The molecule has 0 spiro atoms. The topological polar surface area (TPSA) is 98.0 Å². The maximum absolute atomic E-state index is 11.5. The van der Waals surface area contributed by atoms with Crippen LogP contribution in [0.3, 0.4) is 0 Å². The molecule has 6 heteroatoms. The van der Waals surface area contributed by atoms with Crippen LogP contribution in [0.2, 0.25) is 0 Å². The summed E-state index contributed by atoms with van der Waals surface area (Å²) in [7, 11) is 0. The van der Waals surface area contributed by atoms with E-state index in [2.05, 4.69) is 6.58 Å². The number of carboxylic acids is 1. The van der Waals surface area contributed by atoms with Crippen molar-refractivity contribution in [2.45, 2.75) is 24.2 Å². The van der Waals surface area contributed by atoms with Gasteiger partial charge >= 0.3 is 5.97 Å². The highest BCUT2D eigenvalue weighted by Crippen LogP contribution is 2.46. The van der Waals surface area contributed by atoms with Gasteiger partial charge in [0.05, 0.1) is 6.10 Å². The zero-order chi connectivity index (χ0) is 16.8. The van der Waals surface area contributed by atoms with Crippen molar-refractivity contribution in [1.82, 2.24) is 0 Å². The second kappa shape index (κ2) is 5.58. The molecule has 0 saturated carbocycles. The number of fused-ring (bicyclic) bond motifs is 1. The molecule has 5 nitrogen and oxygen atoms in total. The van der Waals surface area contributed by atoms with Gasteiger partial charge in [-0.1, -0.05) is 36.9 Å². The van der Waals surface area contributed by atoms with Crippen LogP contribution in [0.1, 0.15) is 33.4 Å². The molecule has 0 unspecified atom stereocenters. The molecule has 1 aliphatic rings. The molecule has 0 amide bonds. The van der Waals surface area contributed by atoms with E-state index in [4.69, 9.17) is 0 Å². The van der Waals surface area contributed by atoms with E-state index >= 15 is 0 Å². The van der Waals surface area contributed by atoms with Crippen molar-refractivity contribution in [3.8, 4) is 0 Å². The van der Waals surface area contributed by atoms with E-state index in [0.29, 0.717) is 10.5 Å². The second-order valence-electron chi connectivity index (χ2n) is 5.61. The van der Waals surface area contributed by atoms with Crippen molar-refractivity contribution in [3.05, 3.63) is 63.9 Å². The molecule has 23 heavy (non-hydrogen) atoms. The molecular weight excluding hydrogens is 316 g/mol. The van der Waals surface area contributed by atoms with Gasteiger partial charge in [0.1, 0.15) is 6.10 Å². The Morgan fingerprint density at radius 1 is 1.26 bits per heavy atom. The summed E-state index contributed by atoms with van der Waals surface area (Å²) >= 11 is 1.14. The maximum atomic E-state index is 11.5. The molecule has 3 atom stereocenters. The Morgan fingerprint density at radius 3 is 2.52 bits per heavy atom. The van der Waals surface area contributed by atoms with E-state index in [1.54, 1.807) is 6.07 Å². The molecule has 0 saturated heterocycles. The number of rotatable bonds is 3. The van der Waals surface area contributed by atoms with Gasteiger partial charge in [0.25, 0.3) is 0 Å². The molecule has 1 aliphatic carbocycles. The molecule has 1 heterocycles. The van der Waals surface area contributed by atoms with Crippen LogP contribution in [0.15, 0.2) is 43.0 Å². The molecule has 1 aromatic carbocycles. The standard InChI is InChI=1S/C17H16O5S/c1-9(10-5-3-2-4-6-10)13-7-11-15(23-13)14(19)12(18)8-17(11,22)16(20)21/h2-7,12,14,18-19,22H,1,8H2,(H,20,21)/t12-,14+,17+/m1/s1. The minimum absolute atomic E-state index is 0.125. The van der Waals surface area contributed by atoms with E-state index in [0.717, 1.165) is 16.9 Å². The molecule has 2 aromatic rings. The van der Waals surface area contributed by atoms with Crippen LogP contribution in [0.5, 0.6) is 0 Å².